The minimum atomic E-state index is -0.921. The Balaban J connectivity index is 1.77. The first-order valence-electron chi connectivity index (χ1n) is 6.75. The van der Waals surface area contributed by atoms with E-state index in [0.717, 1.165) is 12.1 Å². The molecule has 0 fully saturated rings. The highest BCUT2D eigenvalue weighted by atomic mass is 35.5. The van der Waals surface area contributed by atoms with Gasteiger partial charge >= 0.3 is 11.8 Å². The van der Waals surface area contributed by atoms with Crippen molar-refractivity contribution in [3.8, 4) is 0 Å². The van der Waals surface area contributed by atoms with E-state index >= 15 is 0 Å². The maximum absolute atomic E-state index is 13.1. The van der Waals surface area contributed by atoms with E-state index in [-0.39, 0.29) is 17.3 Å². The van der Waals surface area contributed by atoms with Crippen LogP contribution in [0.5, 0.6) is 0 Å². The van der Waals surface area contributed by atoms with Crippen LogP contribution in [0, 0.1) is 5.82 Å². The molecule has 23 heavy (non-hydrogen) atoms. The second-order valence-corrected chi connectivity index (χ2v) is 4.88. The minimum Gasteiger partial charge on any atom is -0.368 e. The van der Waals surface area contributed by atoms with Gasteiger partial charge in [-0.1, -0.05) is 17.7 Å². The molecule has 0 radical (unpaired) electrons. The molecule has 2 rings (SSSR count). The molecular weight excluding hydrogens is 323 g/mol. The summed E-state index contributed by atoms with van der Waals surface area (Å²) in [7, 11) is 0. The zero-order valence-corrected chi connectivity index (χ0v) is 12.7. The second kappa shape index (κ2) is 8.09. The van der Waals surface area contributed by atoms with Gasteiger partial charge in [0.1, 0.15) is 11.6 Å². The average molecular weight is 337 g/mol. The molecule has 0 aliphatic rings. The van der Waals surface area contributed by atoms with Crippen LogP contribution in [-0.2, 0) is 9.59 Å². The average Bonchev–Trinajstić information content (AvgIpc) is 2.55. The molecule has 6 nitrogen and oxygen atoms in total. The summed E-state index contributed by atoms with van der Waals surface area (Å²) in [6.45, 7) is 0.621. The molecule has 0 saturated carbocycles. The number of benzene rings is 1. The van der Waals surface area contributed by atoms with Crippen LogP contribution in [-0.4, -0.2) is 29.9 Å². The summed E-state index contributed by atoms with van der Waals surface area (Å²) in [4.78, 5) is 27.4. The summed E-state index contributed by atoms with van der Waals surface area (Å²) < 4.78 is 13.1. The maximum Gasteiger partial charge on any atom is 0.313 e. The Labute approximate surface area is 137 Å². The van der Waals surface area contributed by atoms with Crippen molar-refractivity contribution in [2.24, 2.45) is 0 Å². The Kier molecular flexibility index (Phi) is 5.87. The van der Waals surface area contributed by atoms with Crippen LogP contribution in [0.25, 0.3) is 0 Å². The molecule has 1 heterocycles. The van der Waals surface area contributed by atoms with Crippen molar-refractivity contribution in [1.29, 1.82) is 0 Å². The SMILES string of the molecule is O=C(NCCNc1ccccn1)C(=O)Nc1cc(F)ccc1Cl. The van der Waals surface area contributed by atoms with Gasteiger partial charge in [-0.05, 0) is 30.3 Å². The summed E-state index contributed by atoms with van der Waals surface area (Å²) in [6.07, 6.45) is 1.64. The zero-order valence-electron chi connectivity index (χ0n) is 12.0. The third kappa shape index (κ3) is 5.23. The van der Waals surface area contributed by atoms with Gasteiger partial charge in [0.15, 0.2) is 0 Å². The van der Waals surface area contributed by atoms with Gasteiger partial charge in [-0.25, -0.2) is 9.37 Å². The smallest absolute Gasteiger partial charge is 0.313 e. The maximum atomic E-state index is 13.1. The Morgan fingerprint density at radius 1 is 1.13 bits per heavy atom. The van der Waals surface area contributed by atoms with Gasteiger partial charge in [0, 0.05) is 19.3 Å². The third-order valence-corrected chi connectivity index (χ3v) is 3.09. The number of rotatable bonds is 5. The van der Waals surface area contributed by atoms with Crippen LogP contribution in [0.15, 0.2) is 42.6 Å². The molecule has 3 N–H and O–H groups in total. The lowest BCUT2D eigenvalue weighted by atomic mass is 10.3. The molecule has 2 aromatic rings. The van der Waals surface area contributed by atoms with Gasteiger partial charge in [-0.2, -0.15) is 0 Å². The van der Waals surface area contributed by atoms with Crippen LogP contribution in [0.3, 0.4) is 0 Å². The normalized spacial score (nSPS) is 10.0. The van der Waals surface area contributed by atoms with Gasteiger partial charge < -0.3 is 16.0 Å². The van der Waals surface area contributed by atoms with E-state index in [2.05, 4.69) is 20.9 Å². The number of hydrogen-bond acceptors (Lipinski definition) is 4. The number of halogens is 2. The molecule has 2 amide bonds. The summed E-state index contributed by atoms with van der Waals surface area (Å²) in [5.74, 6) is -1.66. The molecule has 0 spiro atoms. The number of hydrogen-bond donors (Lipinski definition) is 3. The number of carbonyl (C=O) groups excluding carboxylic acids is 2. The largest absolute Gasteiger partial charge is 0.368 e. The summed E-state index contributed by atoms with van der Waals surface area (Å²) in [5.41, 5.74) is 0.0402. The van der Waals surface area contributed by atoms with Gasteiger partial charge in [0.05, 0.1) is 10.7 Å². The number of nitrogens with one attached hydrogen (secondary N) is 3. The van der Waals surface area contributed by atoms with Gasteiger partial charge in [-0.15, -0.1) is 0 Å². The molecule has 0 unspecified atom stereocenters. The van der Waals surface area contributed by atoms with E-state index in [0.29, 0.717) is 12.4 Å². The van der Waals surface area contributed by atoms with Gasteiger partial charge in [0.2, 0.25) is 0 Å². The number of aromatic nitrogens is 1. The molecule has 120 valence electrons. The van der Waals surface area contributed by atoms with Crippen LogP contribution in [0.1, 0.15) is 0 Å². The van der Waals surface area contributed by atoms with E-state index in [1.165, 1.54) is 6.07 Å². The predicted octanol–water partition coefficient (Wildman–Crippen LogP) is 2.04. The number of pyridine rings is 1. The first kappa shape index (κ1) is 16.7. The fourth-order valence-electron chi connectivity index (χ4n) is 1.69. The quantitative estimate of drug-likeness (QED) is 0.576. The molecule has 0 aliphatic heterocycles. The molecule has 0 atom stereocenters. The number of amides is 2. The first-order valence-corrected chi connectivity index (χ1v) is 7.13. The third-order valence-electron chi connectivity index (χ3n) is 2.76. The van der Waals surface area contributed by atoms with E-state index in [4.69, 9.17) is 11.6 Å². The number of nitrogens with zero attached hydrogens (tertiary/aromatic N) is 1. The standard InChI is InChI=1S/C15H14ClFN4O2/c16-11-5-4-10(17)9-12(11)21-15(23)14(22)20-8-7-19-13-3-1-2-6-18-13/h1-6,9H,7-8H2,(H,18,19)(H,20,22)(H,21,23). The van der Waals surface area contributed by atoms with Gasteiger partial charge in [-0.3, -0.25) is 9.59 Å². The highest BCUT2D eigenvalue weighted by Crippen LogP contribution is 2.22. The lowest BCUT2D eigenvalue weighted by Crippen LogP contribution is -2.37. The van der Waals surface area contributed by atoms with Crippen molar-refractivity contribution < 1.29 is 14.0 Å². The Bertz CT molecular complexity index is 697. The molecule has 0 aliphatic carbocycles. The van der Waals surface area contributed by atoms with E-state index < -0.39 is 17.6 Å². The monoisotopic (exact) mass is 336 g/mol. The van der Waals surface area contributed by atoms with Crippen molar-refractivity contribution in [1.82, 2.24) is 10.3 Å². The van der Waals surface area contributed by atoms with Crippen LogP contribution in [0.2, 0.25) is 5.02 Å². The molecule has 1 aromatic carbocycles. The van der Waals surface area contributed by atoms with Crippen molar-refractivity contribution in [3.63, 3.8) is 0 Å². The fourth-order valence-corrected chi connectivity index (χ4v) is 1.85. The van der Waals surface area contributed by atoms with Crippen molar-refractivity contribution in [3.05, 3.63) is 53.4 Å². The second-order valence-electron chi connectivity index (χ2n) is 4.48. The molecular formula is C15H14ClFN4O2. The molecule has 1 aromatic heterocycles. The van der Waals surface area contributed by atoms with Crippen LogP contribution in [0.4, 0.5) is 15.9 Å². The predicted molar refractivity (Wildman–Crippen MR) is 85.8 cm³/mol. The number of anilines is 2. The topological polar surface area (TPSA) is 83.1 Å². The van der Waals surface area contributed by atoms with Crippen molar-refractivity contribution >= 4 is 34.9 Å². The van der Waals surface area contributed by atoms with Crippen LogP contribution < -0.4 is 16.0 Å². The van der Waals surface area contributed by atoms with Crippen molar-refractivity contribution in [2.75, 3.05) is 23.7 Å². The van der Waals surface area contributed by atoms with E-state index in [9.17, 15) is 14.0 Å². The van der Waals surface area contributed by atoms with Crippen molar-refractivity contribution in [2.45, 2.75) is 0 Å². The van der Waals surface area contributed by atoms with E-state index in [1.807, 2.05) is 6.07 Å². The van der Waals surface area contributed by atoms with Gasteiger partial charge in [0.25, 0.3) is 0 Å². The lowest BCUT2D eigenvalue weighted by Gasteiger charge is -2.09. The first-order chi connectivity index (χ1) is 11.1. The van der Waals surface area contributed by atoms with E-state index in [1.54, 1.807) is 18.3 Å². The summed E-state index contributed by atoms with van der Waals surface area (Å²) >= 11 is 5.81. The highest BCUT2D eigenvalue weighted by molar-refractivity contribution is 6.41. The minimum absolute atomic E-state index is 0.0402. The molecule has 0 bridgehead atoms. The Morgan fingerprint density at radius 3 is 2.70 bits per heavy atom. The lowest BCUT2D eigenvalue weighted by molar-refractivity contribution is -0.136. The number of carbonyl (C=O) groups is 2. The Morgan fingerprint density at radius 2 is 1.96 bits per heavy atom. The highest BCUT2D eigenvalue weighted by Gasteiger charge is 2.14. The molecule has 0 saturated heterocycles. The summed E-state index contributed by atoms with van der Waals surface area (Å²) in [6, 6.07) is 8.87. The Hall–Kier alpha value is -2.67. The fraction of sp³-hybridized carbons (Fsp3) is 0.133. The molecule has 8 heteroatoms. The van der Waals surface area contributed by atoms with Crippen LogP contribution >= 0.6 is 11.6 Å². The zero-order chi connectivity index (χ0) is 16.7. The summed E-state index contributed by atoms with van der Waals surface area (Å²) in [5, 5.41) is 7.80.